The van der Waals surface area contributed by atoms with Crippen molar-refractivity contribution in [3.63, 3.8) is 0 Å². The highest BCUT2D eigenvalue weighted by atomic mass is 16.4. The fourth-order valence-corrected chi connectivity index (χ4v) is 1.57. The number of carboxylic acid groups (broad SMARTS) is 7. The first-order valence-corrected chi connectivity index (χ1v) is 12.2. The van der Waals surface area contributed by atoms with Crippen molar-refractivity contribution in [3.8, 4) is 0 Å². The minimum Gasteiger partial charge on any atom is -0.481 e. The Hall–Kier alpha value is -3.91. The van der Waals surface area contributed by atoms with Crippen LogP contribution in [0.3, 0.4) is 0 Å². The smallest absolute Gasteiger partial charge is 0.321 e. The molecule has 0 aliphatic carbocycles. The van der Waals surface area contributed by atoms with Crippen molar-refractivity contribution in [3.05, 3.63) is 0 Å². The van der Waals surface area contributed by atoms with Gasteiger partial charge in [-0.15, -0.1) is 0 Å². The molecule has 0 fully saturated rings. The quantitative estimate of drug-likeness (QED) is 0.107. The van der Waals surface area contributed by atoms with E-state index in [4.69, 9.17) is 64.4 Å². The standard InChI is InChI=1S/C6H13NO2.C5H9NO4.C5H11NO2.C4H7NO4.C3H7NO2/c1-4(2)3-5(7)6(8)9;6-3(5(9)10)1-2-4(7)8;1-3(2)4(6)5(7)8;5-2(4(8)9)1-3(6)7;1-2(4)3(5)6/h4-5H,3,7H2,1-2H3,(H,8,9);3H,1-2,6H2,(H,7,8)(H,9,10);3-4H,6H2,1-2H3,(H,7,8);2H,1,5H2,(H,6,7)(H,8,9);2H,4H2,1H3,(H,5,6)/t5-;3-;4-;2*2-/m00000/s1. The van der Waals surface area contributed by atoms with E-state index in [9.17, 15) is 33.6 Å². The maximum atomic E-state index is 10.1. The summed E-state index contributed by atoms with van der Waals surface area (Å²) in [6.45, 7) is 8.87. The molecular weight excluding hydrogens is 570 g/mol. The van der Waals surface area contributed by atoms with Crippen LogP contribution in [0.25, 0.3) is 0 Å². The van der Waals surface area contributed by atoms with Crippen molar-refractivity contribution in [2.45, 2.75) is 90.5 Å². The highest BCUT2D eigenvalue weighted by Crippen LogP contribution is 2.01. The van der Waals surface area contributed by atoms with Crippen LogP contribution < -0.4 is 28.7 Å². The molecule has 0 heterocycles. The van der Waals surface area contributed by atoms with Crippen LogP contribution in [0.15, 0.2) is 0 Å². The van der Waals surface area contributed by atoms with Gasteiger partial charge in [-0.3, -0.25) is 33.6 Å². The SMILES string of the molecule is CC(C)C[C@H](N)C(=O)O.CC(C)[C@H](N)C(=O)O.C[C@H](N)C(=O)O.N[C@@H](CC(=O)O)C(=O)O.N[C@@H](CCC(=O)O)C(=O)O. The Labute approximate surface area is 242 Å². The molecule has 248 valence electrons. The summed E-state index contributed by atoms with van der Waals surface area (Å²) < 4.78 is 0. The third kappa shape index (κ3) is 40.6. The molecule has 0 aromatic carbocycles. The minimum atomic E-state index is -1.29. The lowest BCUT2D eigenvalue weighted by Gasteiger charge is -2.07. The summed E-state index contributed by atoms with van der Waals surface area (Å²) in [5, 5.41) is 56.7. The summed E-state index contributed by atoms with van der Waals surface area (Å²) in [5.41, 5.74) is 25.1. The van der Waals surface area contributed by atoms with Gasteiger partial charge >= 0.3 is 41.8 Å². The summed E-state index contributed by atoms with van der Waals surface area (Å²) in [4.78, 5) is 69.2. The van der Waals surface area contributed by atoms with Gasteiger partial charge < -0.3 is 64.4 Å². The predicted octanol–water partition coefficient (Wildman–Crippen LogP) is -1.95. The van der Waals surface area contributed by atoms with Crippen molar-refractivity contribution in [2.75, 3.05) is 0 Å². The Morgan fingerprint density at radius 3 is 1.00 bits per heavy atom. The molecular formula is C23H47N5O14. The molecule has 19 heteroatoms. The number of carbonyl (C=O) groups is 7. The van der Waals surface area contributed by atoms with Gasteiger partial charge in [-0.05, 0) is 31.6 Å². The second kappa shape index (κ2) is 27.3. The second-order valence-electron chi connectivity index (χ2n) is 9.23. The molecule has 19 nitrogen and oxygen atoms in total. The molecule has 0 aliphatic heterocycles. The van der Waals surface area contributed by atoms with E-state index in [0.717, 1.165) is 0 Å². The van der Waals surface area contributed by atoms with E-state index in [0.29, 0.717) is 12.3 Å². The van der Waals surface area contributed by atoms with Gasteiger partial charge in [0.1, 0.15) is 30.2 Å². The average Bonchev–Trinajstić information content (AvgIpc) is 2.82. The predicted molar refractivity (Wildman–Crippen MR) is 147 cm³/mol. The molecule has 0 rings (SSSR count). The molecule has 0 saturated heterocycles. The second-order valence-corrected chi connectivity index (χ2v) is 9.23. The molecule has 0 bridgehead atoms. The number of rotatable bonds is 13. The molecule has 0 amide bonds. The fraction of sp³-hybridized carbons (Fsp3) is 0.696. The first-order valence-electron chi connectivity index (χ1n) is 12.2. The van der Waals surface area contributed by atoms with Crippen molar-refractivity contribution in [2.24, 2.45) is 40.5 Å². The van der Waals surface area contributed by atoms with Crippen LogP contribution in [0.1, 0.15) is 60.3 Å². The van der Waals surface area contributed by atoms with Crippen LogP contribution in [0, 0.1) is 11.8 Å². The third-order valence-corrected chi connectivity index (χ3v) is 4.13. The molecule has 0 aromatic rings. The maximum Gasteiger partial charge on any atom is 0.321 e. The lowest BCUT2D eigenvalue weighted by atomic mass is 10.1. The normalized spacial score (nSPS) is 13.2. The maximum absolute atomic E-state index is 10.1. The van der Waals surface area contributed by atoms with Crippen LogP contribution in [-0.2, 0) is 33.6 Å². The largest absolute Gasteiger partial charge is 0.481 e. The number of aliphatic carboxylic acids is 7. The van der Waals surface area contributed by atoms with E-state index < -0.39 is 78.4 Å². The van der Waals surface area contributed by atoms with Gasteiger partial charge in [0.25, 0.3) is 0 Å². The van der Waals surface area contributed by atoms with Gasteiger partial charge in [0.15, 0.2) is 0 Å². The lowest BCUT2D eigenvalue weighted by Crippen LogP contribution is -2.34. The first-order chi connectivity index (χ1) is 18.8. The van der Waals surface area contributed by atoms with E-state index in [1.54, 1.807) is 13.8 Å². The fourth-order valence-electron chi connectivity index (χ4n) is 1.57. The van der Waals surface area contributed by atoms with E-state index in [2.05, 4.69) is 0 Å². The molecule has 42 heavy (non-hydrogen) atoms. The topological polar surface area (TPSA) is 391 Å². The van der Waals surface area contributed by atoms with Crippen LogP contribution in [0.5, 0.6) is 0 Å². The first kappa shape index (κ1) is 47.9. The van der Waals surface area contributed by atoms with Gasteiger partial charge in [-0.1, -0.05) is 27.7 Å². The zero-order valence-electron chi connectivity index (χ0n) is 24.2. The Bertz CT molecular complexity index is 836. The molecule has 17 N–H and O–H groups in total. The highest BCUT2D eigenvalue weighted by molar-refractivity contribution is 5.80. The molecule has 0 aromatic heterocycles. The van der Waals surface area contributed by atoms with Gasteiger partial charge in [0, 0.05) is 6.42 Å². The van der Waals surface area contributed by atoms with Crippen molar-refractivity contribution >= 4 is 41.8 Å². The zero-order valence-corrected chi connectivity index (χ0v) is 24.2. The van der Waals surface area contributed by atoms with Gasteiger partial charge in [0.2, 0.25) is 0 Å². The minimum absolute atomic E-state index is 0.0208. The molecule has 0 spiro atoms. The highest BCUT2D eigenvalue weighted by Gasteiger charge is 2.15. The molecule has 0 aliphatic rings. The molecule has 5 atom stereocenters. The molecule has 0 saturated carbocycles. The monoisotopic (exact) mass is 617 g/mol. The third-order valence-electron chi connectivity index (χ3n) is 4.13. The van der Waals surface area contributed by atoms with Crippen LogP contribution in [-0.4, -0.2) is 108 Å². The Kier molecular flexibility index (Phi) is 31.1. The van der Waals surface area contributed by atoms with E-state index in [-0.39, 0.29) is 18.8 Å². The van der Waals surface area contributed by atoms with Crippen LogP contribution >= 0.6 is 0 Å². The summed E-state index contributed by atoms with van der Waals surface area (Å²) in [6, 6.07) is -4.48. The van der Waals surface area contributed by atoms with Gasteiger partial charge in [-0.25, -0.2) is 0 Å². The van der Waals surface area contributed by atoms with E-state index >= 15 is 0 Å². The van der Waals surface area contributed by atoms with Gasteiger partial charge in [-0.2, -0.15) is 0 Å². The van der Waals surface area contributed by atoms with E-state index in [1.165, 1.54) is 6.92 Å². The summed E-state index contributed by atoms with van der Waals surface area (Å²) >= 11 is 0. The number of carboxylic acids is 7. The van der Waals surface area contributed by atoms with Crippen LogP contribution in [0.2, 0.25) is 0 Å². The summed E-state index contributed by atoms with van der Waals surface area (Å²) in [7, 11) is 0. The number of hydrogen-bond acceptors (Lipinski definition) is 12. The Morgan fingerprint density at radius 1 is 0.524 bits per heavy atom. The lowest BCUT2D eigenvalue weighted by molar-refractivity contribution is -0.144. The average molecular weight is 618 g/mol. The summed E-state index contributed by atoms with van der Waals surface area (Å²) in [6.07, 6.45) is -0.206. The van der Waals surface area contributed by atoms with Gasteiger partial charge in [0.05, 0.1) is 6.42 Å². The zero-order chi connectivity index (χ0) is 34.9. The van der Waals surface area contributed by atoms with Crippen molar-refractivity contribution in [1.29, 1.82) is 0 Å². The van der Waals surface area contributed by atoms with Crippen molar-refractivity contribution in [1.82, 2.24) is 0 Å². The number of hydrogen-bond donors (Lipinski definition) is 12. The molecule has 0 unspecified atom stereocenters. The summed E-state index contributed by atoms with van der Waals surface area (Å²) in [5.74, 6) is -7.12. The van der Waals surface area contributed by atoms with E-state index in [1.807, 2.05) is 13.8 Å². The number of nitrogens with two attached hydrogens (primary N) is 5. The van der Waals surface area contributed by atoms with Crippen molar-refractivity contribution < 1.29 is 69.3 Å². The molecule has 0 radical (unpaired) electrons. The Morgan fingerprint density at radius 2 is 0.881 bits per heavy atom. The van der Waals surface area contributed by atoms with Crippen LogP contribution in [0.4, 0.5) is 0 Å². The Balaban J connectivity index is -0.000000137.